The maximum atomic E-state index is 11.4. The molecule has 0 N–H and O–H groups in total. The molecule has 22 heavy (non-hydrogen) atoms. The fourth-order valence-electron chi connectivity index (χ4n) is 2.47. The Kier molecular flexibility index (Phi) is 5.96. The third kappa shape index (κ3) is 4.59. The van der Waals surface area contributed by atoms with Crippen LogP contribution >= 0.6 is 0 Å². The second-order valence-electron chi connectivity index (χ2n) is 5.43. The van der Waals surface area contributed by atoms with Crippen LogP contribution in [0.1, 0.15) is 36.8 Å². The van der Waals surface area contributed by atoms with Crippen LogP contribution in [0.3, 0.4) is 0 Å². The van der Waals surface area contributed by atoms with Gasteiger partial charge in [0.1, 0.15) is 0 Å². The zero-order chi connectivity index (χ0) is 15.8. The second kappa shape index (κ2) is 8.18. The smallest absolute Gasteiger partial charge is 0.333 e. The summed E-state index contributed by atoms with van der Waals surface area (Å²) in [6.45, 7) is 5.69. The van der Waals surface area contributed by atoms with Crippen molar-refractivity contribution in [3.63, 3.8) is 0 Å². The molecule has 2 aromatic carbocycles. The summed E-state index contributed by atoms with van der Waals surface area (Å²) in [5, 5.41) is 0. The molecule has 0 saturated heterocycles. The highest BCUT2D eigenvalue weighted by molar-refractivity contribution is 5.86. The highest BCUT2D eigenvalue weighted by Gasteiger charge is 2.13. The fraction of sp³-hybridized carbons (Fsp3) is 0.250. The molecule has 0 bridgehead atoms. The molecular formula is C20H22O2. The minimum absolute atomic E-state index is 0.309. The Labute approximate surface area is 132 Å². The molecule has 2 rings (SSSR count). The topological polar surface area (TPSA) is 26.3 Å². The van der Waals surface area contributed by atoms with E-state index in [1.807, 2.05) is 12.1 Å². The zero-order valence-electron chi connectivity index (χ0n) is 13.0. The third-order valence-corrected chi connectivity index (χ3v) is 3.62. The van der Waals surface area contributed by atoms with Gasteiger partial charge in [-0.25, -0.2) is 4.79 Å². The molecule has 2 nitrogen and oxygen atoms in total. The van der Waals surface area contributed by atoms with E-state index < -0.39 is 0 Å². The van der Waals surface area contributed by atoms with Gasteiger partial charge in [-0.15, -0.1) is 0 Å². The van der Waals surface area contributed by atoms with Crippen molar-refractivity contribution >= 4 is 5.97 Å². The average Bonchev–Trinajstić information content (AvgIpc) is 2.56. The van der Waals surface area contributed by atoms with Crippen LogP contribution in [0.25, 0.3) is 0 Å². The van der Waals surface area contributed by atoms with E-state index in [1.54, 1.807) is 6.92 Å². The molecule has 2 aromatic rings. The lowest BCUT2D eigenvalue weighted by molar-refractivity contribution is -0.139. The first-order valence-corrected chi connectivity index (χ1v) is 7.61. The Morgan fingerprint density at radius 3 is 1.95 bits per heavy atom. The first-order valence-electron chi connectivity index (χ1n) is 7.61. The predicted molar refractivity (Wildman–Crippen MR) is 89.7 cm³/mol. The number of hydrogen-bond donors (Lipinski definition) is 0. The SMILES string of the molecule is C=C(C)C(=O)OCCCC(c1ccccc1)c1ccccc1. The molecule has 114 valence electrons. The molecule has 0 radical (unpaired) electrons. The van der Waals surface area contributed by atoms with Crippen LogP contribution in [0.4, 0.5) is 0 Å². The number of ether oxygens (including phenoxy) is 1. The normalized spacial score (nSPS) is 10.5. The van der Waals surface area contributed by atoms with E-state index in [4.69, 9.17) is 4.74 Å². The van der Waals surface area contributed by atoms with E-state index in [2.05, 4.69) is 55.1 Å². The van der Waals surface area contributed by atoms with Gasteiger partial charge in [0, 0.05) is 11.5 Å². The molecule has 0 saturated carbocycles. The number of carbonyl (C=O) groups excluding carboxylic acids is 1. The molecule has 0 amide bonds. The number of rotatable bonds is 7. The van der Waals surface area contributed by atoms with Gasteiger partial charge in [0.05, 0.1) is 6.61 Å². The van der Waals surface area contributed by atoms with E-state index in [0.29, 0.717) is 18.1 Å². The van der Waals surface area contributed by atoms with Gasteiger partial charge in [-0.05, 0) is 30.9 Å². The van der Waals surface area contributed by atoms with Crippen LogP contribution in [0.5, 0.6) is 0 Å². The fourth-order valence-corrected chi connectivity index (χ4v) is 2.47. The van der Waals surface area contributed by atoms with Crippen LogP contribution in [-0.4, -0.2) is 12.6 Å². The Bertz CT molecular complexity index is 563. The van der Waals surface area contributed by atoms with Crippen LogP contribution in [0.15, 0.2) is 72.8 Å². The minimum Gasteiger partial charge on any atom is -0.462 e. The largest absolute Gasteiger partial charge is 0.462 e. The van der Waals surface area contributed by atoms with Gasteiger partial charge in [-0.1, -0.05) is 67.2 Å². The molecule has 0 aliphatic rings. The molecule has 0 aromatic heterocycles. The summed E-state index contributed by atoms with van der Waals surface area (Å²) in [6.07, 6.45) is 1.77. The van der Waals surface area contributed by atoms with Gasteiger partial charge in [-0.2, -0.15) is 0 Å². The summed E-state index contributed by atoms with van der Waals surface area (Å²) in [5.74, 6) is 0.0157. The number of carbonyl (C=O) groups is 1. The lowest BCUT2D eigenvalue weighted by Crippen LogP contribution is -2.08. The highest BCUT2D eigenvalue weighted by atomic mass is 16.5. The quantitative estimate of drug-likeness (QED) is 0.419. The molecular weight excluding hydrogens is 272 g/mol. The Hall–Kier alpha value is -2.35. The van der Waals surface area contributed by atoms with Crippen molar-refractivity contribution in [3.8, 4) is 0 Å². The molecule has 0 aliphatic heterocycles. The molecule has 0 atom stereocenters. The van der Waals surface area contributed by atoms with Gasteiger partial charge < -0.3 is 4.74 Å². The van der Waals surface area contributed by atoms with Gasteiger partial charge >= 0.3 is 5.97 Å². The van der Waals surface area contributed by atoms with Crippen LogP contribution in [0, 0.1) is 0 Å². The van der Waals surface area contributed by atoms with E-state index in [9.17, 15) is 4.79 Å². The third-order valence-electron chi connectivity index (χ3n) is 3.62. The van der Waals surface area contributed by atoms with Crippen LogP contribution in [-0.2, 0) is 9.53 Å². The van der Waals surface area contributed by atoms with Crippen molar-refractivity contribution < 1.29 is 9.53 Å². The van der Waals surface area contributed by atoms with E-state index in [-0.39, 0.29) is 5.97 Å². The van der Waals surface area contributed by atoms with Crippen LogP contribution in [0.2, 0.25) is 0 Å². The van der Waals surface area contributed by atoms with Gasteiger partial charge in [0.15, 0.2) is 0 Å². The van der Waals surface area contributed by atoms with Gasteiger partial charge in [0.2, 0.25) is 0 Å². The Morgan fingerprint density at radius 2 is 1.50 bits per heavy atom. The van der Waals surface area contributed by atoms with E-state index in [1.165, 1.54) is 11.1 Å². The monoisotopic (exact) mass is 294 g/mol. The summed E-state index contributed by atoms with van der Waals surface area (Å²) in [5.41, 5.74) is 3.03. The summed E-state index contributed by atoms with van der Waals surface area (Å²) >= 11 is 0. The first kappa shape index (κ1) is 16.0. The standard InChI is InChI=1S/C20H22O2/c1-16(2)20(21)22-15-9-14-19(17-10-5-3-6-11-17)18-12-7-4-8-13-18/h3-8,10-13,19H,1,9,14-15H2,2H3. The maximum absolute atomic E-state index is 11.4. The molecule has 0 heterocycles. The summed E-state index contributed by atoms with van der Waals surface area (Å²) in [4.78, 5) is 11.4. The van der Waals surface area contributed by atoms with Crippen molar-refractivity contribution in [3.05, 3.63) is 83.9 Å². The van der Waals surface area contributed by atoms with Gasteiger partial charge in [0.25, 0.3) is 0 Å². The summed E-state index contributed by atoms with van der Waals surface area (Å²) in [7, 11) is 0. The molecule has 2 heteroatoms. The molecule has 0 unspecified atom stereocenters. The highest BCUT2D eigenvalue weighted by Crippen LogP contribution is 2.28. The number of benzene rings is 2. The van der Waals surface area contributed by atoms with E-state index in [0.717, 1.165) is 12.8 Å². The summed E-state index contributed by atoms with van der Waals surface area (Å²) in [6, 6.07) is 20.9. The zero-order valence-corrected chi connectivity index (χ0v) is 13.0. The predicted octanol–water partition coefficient (Wildman–Crippen LogP) is 4.72. The average molecular weight is 294 g/mol. The van der Waals surface area contributed by atoms with Crippen molar-refractivity contribution in [2.24, 2.45) is 0 Å². The Balaban J connectivity index is 2.01. The lowest BCUT2D eigenvalue weighted by Gasteiger charge is -2.18. The van der Waals surface area contributed by atoms with Gasteiger partial charge in [-0.3, -0.25) is 0 Å². The molecule has 0 aliphatic carbocycles. The first-order chi connectivity index (χ1) is 10.7. The lowest BCUT2D eigenvalue weighted by atomic mass is 9.88. The van der Waals surface area contributed by atoms with Crippen molar-refractivity contribution in [2.75, 3.05) is 6.61 Å². The second-order valence-corrected chi connectivity index (χ2v) is 5.43. The number of hydrogen-bond acceptors (Lipinski definition) is 2. The molecule has 0 spiro atoms. The van der Waals surface area contributed by atoms with E-state index >= 15 is 0 Å². The van der Waals surface area contributed by atoms with Crippen molar-refractivity contribution in [1.29, 1.82) is 0 Å². The number of esters is 1. The molecule has 0 fully saturated rings. The van der Waals surface area contributed by atoms with Crippen LogP contribution < -0.4 is 0 Å². The summed E-state index contributed by atoms with van der Waals surface area (Å²) < 4.78 is 5.19. The van der Waals surface area contributed by atoms with Crippen molar-refractivity contribution in [1.82, 2.24) is 0 Å². The van der Waals surface area contributed by atoms with Crippen molar-refractivity contribution in [2.45, 2.75) is 25.7 Å². The maximum Gasteiger partial charge on any atom is 0.333 e. The Morgan fingerprint density at radius 1 is 1.00 bits per heavy atom. The minimum atomic E-state index is -0.309.